The monoisotopic (exact) mass is 423 g/mol. The van der Waals surface area contributed by atoms with E-state index in [1.807, 2.05) is 38.1 Å². The maximum Gasteiger partial charge on any atom is 0.339 e. The summed E-state index contributed by atoms with van der Waals surface area (Å²) in [5, 5.41) is 3.96. The molecule has 0 aliphatic rings. The second-order valence-corrected chi connectivity index (χ2v) is 8.05. The van der Waals surface area contributed by atoms with Crippen molar-refractivity contribution >= 4 is 23.5 Å². The van der Waals surface area contributed by atoms with Gasteiger partial charge >= 0.3 is 5.97 Å². The molecule has 6 heteroatoms. The van der Waals surface area contributed by atoms with E-state index in [2.05, 4.69) is 12.1 Å². The van der Waals surface area contributed by atoms with Gasteiger partial charge in [-0.1, -0.05) is 54.9 Å². The van der Waals surface area contributed by atoms with Crippen LogP contribution in [0.4, 0.5) is 0 Å². The van der Waals surface area contributed by atoms with Crippen LogP contribution < -0.4 is 0 Å². The summed E-state index contributed by atoms with van der Waals surface area (Å²) < 4.78 is 10.5. The van der Waals surface area contributed by atoms with Crippen LogP contribution in [0.25, 0.3) is 0 Å². The van der Waals surface area contributed by atoms with Gasteiger partial charge in [0.2, 0.25) is 0 Å². The first-order valence-corrected chi connectivity index (χ1v) is 10.9. The Hall–Kier alpha value is -2.86. The summed E-state index contributed by atoms with van der Waals surface area (Å²) >= 11 is 1.51. The van der Waals surface area contributed by atoms with Crippen LogP contribution in [0.2, 0.25) is 0 Å². The fraction of sp³-hybridized carbons (Fsp3) is 0.292. The molecule has 156 valence electrons. The third kappa shape index (κ3) is 5.39. The average molecular weight is 424 g/mol. The lowest BCUT2D eigenvalue weighted by Crippen LogP contribution is -2.15. The number of aromatic nitrogens is 1. The summed E-state index contributed by atoms with van der Waals surface area (Å²) in [6.07, 6.45) is 2.03. The predicted octanol–water partition coefficient (Wildman–Crippen LogP) is 5.58. The lowest BCUT2D eigenvalue weighted by atomic mass is 10.1. The zero-order valence-electron chi connectivity index (χ0n) is 17.4. The largest absolute Gasteiger partial charge is 0.454 e. The molecular weight excluding hydrogens is 398 g/mol. The molecule has 0 radical (unpaired) electrons. The average Bonchev–Trinajstić information content (AvgIpc) is 3.08. The summed E-state index contributed by atoms with van der Waals surface area (Å²) in [5.74, 6) is 0.685. The first kappa shape index (κ1) is 21.8. The minimum atomic E-state index is -0.507. The summed E-state index contributed by atoms with van der Waals surface area (Å²) in [6, 6.07) is 14.7. The molecule has 0 fully saturated rings. The van der Waals surface area contributed by atoms with Gasteiger partial charge in [-0.3, -0.25) is 4.79 Å². The second kappa shape index (κ2) is 10.3. The number of ether oxygens (including phenoxy) is 1. The Morgan fingerprint density at radius 3 is 2.47 bits per heavy atom. The minimum Gasteiger partial charge on any atom is -0.454 e. The molecule has 5 nitrogen and oxygen atoms in total. The van der Waals surface area contributed by atoms with Crippen molar-refractivity contribution < 1.29 is 18.8 Å². The van der Waals surface area contributed by atoms with Crippen molar-refractivity contribution in [2.24, 2.45) is 0 Å². The van der Waals surface area contributed by atoms with Crippen LogP contribution in [-0.2, 0) is 16.9 Å². The highest BCUT2D eigenvalue weighted by Crippen LogP contribution is 2.29. The van der Waals surface area contributed by atoms with Crippen LogP contribution in [0.5, 0.6) is 0 Å². The zero-order valence-corrected chi connectivity index (χ0v) is 18.3. The number of carbonyl (C=O) groups is 2. The normalized spacial score (nSPS) is 10.8. The molecule has 0 bridgehead atoms. The summed E-state index contributed by atoms with van der Waals surface area (Å²) in [6.45, 7) is 5.60. The SMILES string of the molecule is CCCc1ccc(C(=O)COC(=O)c2ccccc2SCc2c(C)noc2C)cc1. The molecule has 0 aliphatic heterocycles. The second-order valence-electron chi connectivity index (χ2n) is 7.03. The molecule has 3 aromatic rings. The molecule has 1 aromatic heterocycles. The van der Waals surface area contributed by atoms with Crippen LogP contribution >= 0.6 is 11.8 Å². The molecule has 1 heterocycles. The summed E-state index contributed by atoms with van der Waals surface area (Å²) in [4.78, 5) is 25.8. The maximum absolute atomic E-state index is 12.6. The van der Waals surface area contributed by atoms with E-state index >= 15 is 0 Å². The minimum absolute atomic E-state index is 0.216. The number of nitrogens with zero attached hydrogens (tertiary/aromatic N) is 1. The first-order valence-electron chi connectivity index (χ1n) is 9.92. The highest BCUT2D eigenvalue weighted by Gasteiger charge is 2.17. The van der Waals surface area contributed by atoms with E-state index in [0.29, 0.717) is 16.9 Å². The van der Waals surface area contributed by atoms with E-state index in [9.17, 15) is 9.59 Å². The smallest absolute Gasteiger partial charge is 0.339 e. The van der Waals surface area contributed by atoms with Gasteiger partial charge in [0.15, 0.2) is 12.4 Å². The Morgan fingerprint density at radius 2 is 1.80 bits per heavy atom. The maximum atomic E-state index is 12.6. The molecule has 30 heavy (non-hydrogen) atoms. The van der Waals surface area contributed by atoms with Crippen LogP contribution in [0.3, 0.4) is 0 Å². The Balaban J connectivity index is 1.62. The van der Waals surface area contributed by atoms with Crippen LogP contribution in [0.1, 0.15) is 56.6 Å². The molecule has 3 rings (SSSR count). The van der Waals surface area contributed by atoms with Crippen molar-refractivity contribution in [3.63, 3.8) is 0 Å². The van der Waals surface area contributed by atoms with Crippen molar-refractivity contribution in [2.45, 2.75) is 44.3 Å². The fourth-order valence-electron chi connectivity index (χ4n) is 3.06. The molecule has 0 unspecified atom stereocenters. The first-order chi connectivity index (χ1) is 14.5. The van der Waals surface area contributed by atoms with Gasteiger partial charge in [-0.05, 0) is 38.0 Å². The molecule has 0 aliphatic carbocycles. The Morgan fingerprint density at radius 1 is 1.07 bits per heavy atom. The van der Waals surface area contributed by atoms with Gasteiger partial charge in [0.25, 0.3) is 0 Å². The standard InChI is InChI=1S/C24H25NO4S/c1-4-7-18-10-12-19(13-11-18)22(26)14-28-24(27)20-8-5-6-9-23(20)30-15-21-16(2)25-29-17(21)3/h5-6,8-13H,4,7,14-15H2,1-3H3. The number of ketones is 1. The molecular formula is C24H25NO4S. The highest BCUT2D eigenvalue weighted by atomic mass is 32.2. The van der Waals surface area contributed by atoms with Gasteiger partial charge in [-0.25, -0.2) is 4.79 Å². The highest BCUT2D eigenvalue weighted by molar-refractivity contribution is 7.98. The number of thioether (sulfide) groups is 1. The fourth-order valence-corrected chi connectivity index (χ4v) is 4.25. The lowest BCUT2D eigenvalue weighted by Gasteiger charge is -2.09. The Labute approximate surface area is 180 Å². The van der Waals surface area contributed by atoms with Gasteiger partial charge in [0.05, 0.1) is 11.3 Å². The quantitative estimate of drug-likeness (QED) is 0.254. The molecule has 0 saturated carbocycles. The van der Waals surface area contributed by atoms with Gasteiger partial charge < -0.3 is 9.26 Å². The van der Waals surface area contributed by atoms with Crippen molar-refractivity contribution in [3.8, 4) is 0 Å². The van der Waals surface area contributed by atoms with E-state index in [4.69, 9.17) is 9.26 Å². The molecule has 0 amide bonds. The molecule has 2 aromatic carbocycles. The number of esters is 1. The van der Waals surface area contributed by atoms with Crippen LogP contribution in [-0.4, -0.2) is 23.5 Å². The van der Waals surface area contributed by atoms with E-state index in [-0.39, 0.29) is 12.4 Å². The van der Waals surface area contributed by atoms with Gasteiger partial charge in [0.1, 0.15) is 5.76 Å². The lowest BCUT2D eigenvalue weighted by molar-refractivity contribution is 0.0471. The number of carbonyl (C=O) groups excluding carboxylic acids is 2. The number of hydrogen-bond acceptors (Lipinski definition) is 6. The van der Waals surface area contributed by atoms with Crippen molar-refractivity contribution in [2.75, 3.05) is 6.61 Å². The number of aryl methyl sites for hydroxylation is 3. The van der Waals surface area contributed by atoms with E-state index in [1.54, 1.807) is 24.3 Å². The van der Waals surface area contributed by atoms with Crippen molar-refractivity contribution in [1.82, 2.24) is 5.16 Å². The van der Waals surface area contributed by atoms with Crippen molar-refractivity contribution in [1.29, 1.82) is 0 Å². The number of benzene rings is 2. The van der Waals surface area contributed by atoms with Gasteiger partial charge in [-0.15, -0.1) is 11.8 Å². The zero-order chi connectivity index (χ0) is 21.5. The topological polar surface area (TPSA) is 69.4 Å². The van der Waals surface area contributed by atoms with E-state index in [1.165, 1.54) is 17.3 Å². The van der Waals surface area contributed by atoms with Crippen LogP contribution in [0, 0.1) is 13.8 Å². The molecule has 0 atom stereocenters. The third-order valence-corrected chi connectivity index (χ3v) is 5.91. The van der Waals surface area contributed by atoms with E-state index < -0.39 is 5.97 Å². The Kier molecular flexibility index (Phi) is 7.46. The molecule has 0 spiro atoms. The van der Waals surface area contributed by atoms with Crippen LogP contribution in [0.15, 0.2) is 57.9 Å². The third-order valence-electron chi connectivity index (χ3n) is 4.81. The van der Waals surface area contributed by atoms with Gasteiger partial charge in [-0.2, -0.15) is 0 Å². The molecule has 0 N–H and O–H groups in total. The number of hydrogen-bond donors (Lipinski definition) is 0. The predicted molar refractivity (Wildman–Crippen MR) is 117 cm³/mol. The Bertz CT molecular complexity index is 1000. The number of Topliss-reactive ketones (excluding diaryl/α,β-unsaturated/α-hetero) is 1. The van der Waals surface area contributed by atoms with Crippen molar-refractivity contribution in [3.05, 3.63) is 82.2 Å². The molecule has 0 saturated heterocycles. The summed E-state index contributed by atoms with van der Waals surface area (Å²) in [7, 11) is 0. The van der Waals surface area contributed by atoms with Gasteiger partial charge in [0, 0.05) is 21.8 Å². The summed E-state index contributed by atoms with van der Waals surface area (Å²) in [5.41, 5.74) is 4.04. The van der Waals surface area contributed by atoms with E-state index in [0.717, 1.165) is 34.8 Å². The number of rotatable bonds is 9.